The number of amides is 1. The molecule has 1 N–H and O–H groups in total. The molecule has 24 heavy (non-hydrogen) atoms. The summed E-state index contributed by atoms with van der Waals surface area (Å²) >= 11 is 6.29. The van der Waals surface area contributed by atoms with Crippen LogP contribution < -0.4 is 5.56 Å². The number of carbonyl (C=O) groups is 1. The highest BCUT2D eigenvalue weighted by atomic mass is 35.5. The number of carbonyl (C=O) groups excluding carboxylic acids is 1. The van der Waals surface area contributed by atoms with Crippen LogP contribution in [-0.4, -0.2) is 46.9 Å². The van der Waals surface area contributed by atoms with E-state index in [9.17, 15) is 9.59 Å². The van der Waals surface area contributed by atoms with Crippen LogP contribution in [0.3, 0.4) is 0 Å². The first-order valence-corrected chi connectivity index (χ1v) is 8.40. The van der Waals surface area contributed by atoms with E-state index in [1.807, 2.05) is 29.2 Å². The molecule has 1 amide bonds. The lowest BCUT2D eigenvalue weighted by Gasteiger charge is -2.38. The van der Waals surface area contributed by atoms with Gasteiger partial charge in [0.25, 0.3) is 5.91 Å². The zero-order valence-electron chi connectivity index (χ0n) is 13.5. The van der Waals surface area contributed by atoms with E-state index < -0.39 is 0 Å². The fourth-order valence-electron chi connectivity index (χ4n) is 3.05. The molecule has 3 rings (SSSR count). The van der Waals surface area contributed by atoms with Crippen LogP contribution in [0.1, 0.15) is 28.9 Å². The Kier molecular flexibility index (Phi) is 5.02. The molecule has 0 saturated carbocycles. The minimum atomic E-state index is -0.204. The van der Waals surface area contributed by atoms with E-state index in [2.05, 4.69) is 16.8 Å². The Morgan fingerprint density at radius 1 is 1.12 bits per heavy atom. The Morgan fingerprint density at radius 2 is 1.83 bits per heavy atom. The number of rotatable bonds is 3. The molecule has 1 saturated heterocycles. The molecule has 0 unspecified atom stereocenters. The number of hydrogen-bond donors (Lipinski definition) is 1. The van der Waals surface area contributed by atoms with Crippen LogP contribution in [-0.2, 0) is 0 Å². The van der Waals surface area contributed by atoms with Crippen molar-refractivity contribution >= 4 is 17.5 Å². The maximum Gasteiger partial charge on any atom is 0.255 e. The van der Waals surface area contributed by atoms with Gasteiger partial charge >= 0.3 is 0 Å². The van der Waals surface area contributed by atoms with E-state index in [1.54, 1.807) is 6.07 Å². The van der Waals surface area contributed by atoms with E-state index in [4.69, 9.17) is 11.6 Å². The van der Waals surface area contributed by atoms with Crippen LogP contribution in [0.25, 0.3) is 0 Å². The van der Waals surface area contributed by atoms with Crippen LogP contribution in [0.5, 0.6) is 0 Å². The number of halogens is 1. The summed E-state index contributed by atoms with van der Waals surface area (Å²) in [5, 5.41) is 0.775. The molecule has 2 aromatic rings. The fourth-order valence-corrected chi connectivity index (χ4v) is 3.34. The van der Waals surface area contributed by atoms with Crippen molar-refractivity contribution in [2.24, 2.45) is 0 Å². The van der Waals surface area contributed by atoms with Crippen molar-refractivity contribution in [1.82, 2.24) is 14.8 Å². The first-order valence-electron chi connectivity index (χ1n) is 8.03. The number of pyridine rings is 1. The Bertz CT molecular complexity index is 761. The summed E-state index contributed by atoms with van der Waals surface area (Å²) in [6, 6.07) is 11.0. The smallest absolute Gasteiger partial charge is 0.255 e. The SMILES string of the molecule is C[C@@H](c1ccccc1Cl)N1CCN(C(=O)c2ccc(=O)[nH]c2)CC1. The molecule has 1 atom stereocenters. The van der Waals surface area contributed by atoms with Gasteiger partial charge in [-0.15, -0.1) is 0 Å². The van der Waals surface area contributed by atoms with Crippen molar-refractivity contribution in [3.05, 3.63) is 69.1 Å². The van der Waals surface area contributed by atoms with Crippen LogP contribution in [0.15, 0.2) is 47.4 Å². The predicted molar refractivity (Wildman–Crippen MR) is 94.4 cm³/mol. The summed E-state index contributed by atoms with van der Waals surface area (Å²) in [5.74, 6) is -0.0451. The van der Waals surface area contributed by atoms with Gasteiger partial charge in [0, 0.05) is 49.5 Å². The Morgan fingerprint density at radius 3 is 2.46 bits per heavy atom. The fraction of sp³-hybridized carbons (Fsp3) is 0.333. The lowest BCUT2D eigenvalue weighted by Crippen LogP contribution is -2.49. The van der Waals surface area contributed by atoms with Gasteiger partial charge in [-0.25, -0.2) is 0 Å². The monoisotopic (exact) mass is 345 g/mol. The molecule has 1 aliphatic rings. The van der Waals surface area contributed by atoms with Crippen molar-refractivity contribution in [3.63, 3.8) is 0 Å². The molecule has 0 spiro atoms. The van der Waals surface area contributed by atoms with Gasteiger partial charge in [0.1, 0.15) is 0 Å². The molecular formula is C18H20ClN3O2. The van der Waals surface area contributed by atoms with Crippen LogP contribution in [0.2, 0.25) is 5.02 Å². The number of H-pyrrole nitrogens is 1. The third-order valence-corrected chi connectivity index (χ3v) is 4.88. The molecule has 0 bridgehead atoms. The summed E-state index contributed by atoms with van der Waals surface area (Å²) < 4.78 is 0. The largest absolute Gasteiger partial charge is 0.336 e. The highest BCUT2D eigenvalue weighted by molar-refractivity contribution is 6.31. The summed E-state index contributed by atoms with van der Waals surface area (Å²) in [6.07, 6.45) is 1.48. The molecule has 1 aromatic carbocycles. The molecule has 1 fully saturated rings. The average molecular weight is 346 g/mol. The van der Waals surface area contributed by atoms with Gasteiger partial charge in [0.05, 0.1) is 5.56 Å². The summed E-state index contributed by atoms with van der Waals surface area (Å²) in [5.41, 5.74) is 1.42. The van der Waals surface area contributed by atoms with E-state index in [0.29, 0.717) is 18.7 Å². The zero-order chi connectivity index (χ0) is 17.1. The first-order chi connectivity index (χ1) is 11.6. The highest BCUT2D eigenvalue weighted by Crippen LogP contribution is 2.27. The van der Waals surface area contributed by atoms with Gasteiger partial charge in [0.2, 0.25) is 5.56 Å². The topological polar surface area (TPSA) is 56.4 Å². The number of nitrogens with zero attached hydrogens (tertiary/aromatic N) is 2. The molecule has 1 aliphatic heterocycles. The minimum absolute atomic E-state index is 0.0451. The van der Waals surface area contributed by atoms with E-state index >= 15 is 0 Å². The average Bonchev–Trinajstić information content (AvgIpc) is 2.62. The Labute approximate surface area is 145 Å². The van der Waals surface area contributed by atoms with E-state index in [1.165, 1.54) is 12.3 Å². The standard InChI is InChI=1S/C18H20ClN3O2/c1-13(15-4-2-3-5-16(15)19)21-8-10-22(11-9-21)18(24)14-6-7-17(23)20-12-14/h2-7,12-13H,8-11H2,1H3,(H,20,23)/t13-/m0/s1. The maximum absolute atomic E-state index is 12.5. The second-order valence-electron chi connectivity index (χ2n) is 5.97. The third kappa shape index (κ3) is 3.52. The van der Waals surface area contributed by atoms with Gasteiger partial charge in [0.15, 0.2) is 0 Å². The number of hydrogen-bond acceptors (Lipinski definition) is 3. The number of aromatic amines is 1. The highest BCUT2D eigenvalue weighted by Gasteiger charge is 2.26. The predicted octanol–water partition coefficient (Wildman–Crippen LogP) is 2.55. The van der Waals surface area contributed by atoms with E-state index in [0.717, 1.165) is 23.7 Å². The molecule has 0 radical (unpaired) electrons. The number of benzene rings is 1. The first kappa shape index (κ1) is 16.7. The van der Waals surface area contributed by atoms with Crippen molar-refractivity contribution in [1.29, 1.82) is 0 Å². The van der Waals surface area contributed by atoms with E-state index in [-0.39, 0.29) is 17.5 Å². The summed E-state index contributed by atoms with van der Waals surface area (Å²) in [4.78, 5) is 30.3. The lowest BCUT2D eigenvalue weighted by molar-refractivity contribution is 0.0581. The van der Waals surface area contributed by atoms with Gasteiger partial charge in [-0.2, -0.15) is 0 Å². The normalized spacial score (nSPS) is 16.8. The van der Waals surface area contributed by atoms with Crippen LogP contribution >= 0.6 is 11.6 Å². The van der Waals surface area contributed by atoms with Gasteiger partial charge in [-0.1, -0.05) is 29.8 Å². The Balaban J connectivity index is 1.63. The van der Waals surface area contributed by atoms with Crippen molar-refractivity contribution < 1.29 is 4.79 Å². The number of aromatic nitrogens is 1. The van der Waals surface area contributed by atoms with Crippen molar-refractivity contribution in [2.45, 2.75) is 13.0 Å². The van der Waals surface area contributed by atoms with Crippen LogP contribution in [0.4, 0.5) is 0 Å². The van der Waals surface area contributed by atoms with Gasteiger partial charge < -0.3 is 9.88 Å². The maximum atomic E-state index is 12.5. The molecule has 126 valence electrons. The molecular weight excluding hydrogens is 326 g/mol. The molecule has 0 aliphatic carbocycles. The van der Waals surface area contributed by atoms with Crippen molar-refractivity contribution in [2.75, 3.05) is 26.2 Å². The third-order valence-electron chi connectivity index (χ3n) is 4.54. The zero-order valence-corrected chi connectivity index (χ0v) is 14.3. The summed E-state index contributed by atoms with van der Waals surface area (Å²) in [6.45, 7) is 5.04. The minimum Gasteiger partial charge on any atom is -0.336 e. The lowest BCUT2D eigenvalue weighted by atomic mass is 10.1. The molecule has 6 heteroatoms. The number of piperazine rings is 1. The molecule has 5 nitrogen and oxygen atoms in total. The second kappa shape index (κ2) is 7.20. The van der Waals surface area contributed by atoms with Crippen molar-refractivity contribution in [3.8, 4) is 0 Å². The second-order valence-corrected chi connectivity index (χ2v) is 6.37. The molecule has 2 heterocycles. The number of nitrogens with one attached hydrogen (secondary N) is 1. The van der Waals surface area contributed by atoms with Crippen LogP contribution in [0, 0.1) is 0 Å². The molecule has 1 aromatic heterocycles. The van der Waals surface area contributed by atoms with Gasteiger partial charge in [-0.05, 0) is 24.6 Å². The quantitative estimate of drug-likeness (QED) is 0.930. The Hall–Kier alpha value is -2.11. The summed E-state index contributed by atoms with van der Waals surface area (Å²) in [7, 11) is 0. The van der Waals surface area contributed by atoms with Gasteiger partial charge in [-0.3, -0.25) is 14.5 Å².